The van der Waals surface area contributed by atoms with Gasteiger partial charge in [-0.2, -0.15) is 5.10 Å². The minimum atomic E-state index is -0.587. The molecule has 0 aliphatic rings. The maximum atomic E-state index is 11.8. The average Bonchev–Trinajstić information content (AvgIpc) is 2.53. The van der Waals surface area contributed by atoms with Crippen LogP contribution in [0, 0.1) is 24.0 Å². The van der Waals surface area contributed by atoms with Gasteiger partial charge in [-0.25, -0.2) is 15.4 Å². The van der Waals surface area contributed by atoms with Crippen molar-refractivity contribution in [3.05, 3.63) is 51.3 Å². The van der Waals surface area contributed by atoms with Gasteiger partial charge in [-0.05, 0) is 26.0 Å². The van der Waals surface area contributed by atoms with Crippen LogP contribution in [0.5, 0.6) is 5.75 Å². The maximum absolute atomic E-state index is 11.8. The fraction of sp³-hybridized carbons (Fsp3) is 0.200. The third-order valence-electron chi connectivity index (χ3n) is 2.91. The Morgan fingerprint density at radius 3 is 2.68 bits per heavy atom. The zero-order chi connectivity index (χ0) is 18.4. The summed E-state index contributed by atoms with van der Waals surface area (Å²) in [5.74, 6) is -0.517. The first-order valence-corrected chi connectivity index (χ1v) is 8.08. The van der Waals surface area contributed by atoms with E-state index < -0.39 is 10.8 Å². The number of nitro benzene ring substituents is 1. The Morgan fingerprint density at radius 2 is 2.04 bits per heavy atom. The number of amides is 1. The molecule has 9 nitrogen and oxygen atoms in total. The number of nitro groups is 1. The number of phenolic OH excluding ortho intramolecular Hbond substituents is 1. The van der Waals surface area contributed by atoms with Crippen LogP contribution in [0.4, 0.5) is 5.69 Å². The summed E-state index contributed by atoms with van der Waals surface area (Å²) in [6.07, 6.45) is 1.14. The van der Waals surface area contributed by atoms with Gasteiger partial charge in [0.1, 0.15) is 5.75 Å². The molecule has 2 aromatic rings. The molecule has 0 saturated carbocycles. The van der Waals surface area contributed by atoms with Crippen molar-refractivity contribution in [1.82, 2.24) is 15.4 Å². The number of phenols is 1. The number of carbonyl (C=O) groups is 1. The summed E-state index contributed by atoms with van der Waals surface area (Å²) in [5, 5.41) is 24.5. The second kappa shape index (κ2) is 8.20. The highest BCUT2D eigenvalue weighted by Crippen LogP contribution is 2.21. The largest absolute Gasteiger partial charge is 0.507 e. The van der Waals surface area contributed by atoms with E-state index in [0.717, 1.165) is 23.7 Å². The number of rotatable bonds is 6. The van der Waals surface area contributed by atoms with Crippen molar-refractivity contribution < 1.29 is 14.8 Å². The zero-order valence-corrected chi connectivity index (χ0v) is 14.3. The van der Waals surface area contributed by atoms with Crippen LogP contribution < -0.4 is 5.43 Å². The van der Waals surface area contributed by atoms with Crippen molar-refractivity contribution in [1.29, 1.82) is 0 Å². The highest BCUT2D eigenvalue weighted by molar-refractivity contribution is 7.99. The molecule has 1 aromatic heterocycles. The number of aromatic hydroxyl groups is 1. The second-order valence-electron chi connectivity index (χ2n) is 5.02. The topological polar surface area (TPSA) is 131 Å². The summed E-state index contributed by atoms with van der Waals surface area (Å²) in [4.78, 5) is 30.3. The molecule has 0 radical (unpaired) electrons. The molecule has 0 atom stereocenters. The van der Waals surface area contributed by atoms with Crippen LogP contribution in [-0.2, 0) is 4.79 Å². The van der Waals surface area contributed by atoms with E-state index in [2.05, 4.69) is 20.5 Å². The molecule has 0 aliphatic carbocycles. The number of hydrogen-bond acceptors (Lipinski definition) is 8. The molecule has 2 rings (SSSR count). The van der Waals surface area contributed by atoms with Gasteiger partial charge in [0.05, 0.1) is 16.9 Å². The lowest BCUT2D eigenvalue weighted by Crippen LogP contribution is -2.19. The van der Waals surface area contributed by atoms with Crippen LogP contribution in [0.15, 0.2) is 34.5 Å². The Hall–Kier alpha value is -3.01. The average molecular weight is 361 g/mol. The molecule has 0 aliphatic heterocycles. The van der Waals surface area contributed by atoms with Gasteiger partial charge in [-0.3, -0.25) is 14.9 Å². The lowest BCUT2D eigenvalue weighted by atomic mass is 10.2. The fourth-order valence-corrected chi connectivity index (χ4v) is 2.60. The van der Waals surface area contributed by atoms with Gasteiger partial charge in [0.15, 0.2) is 5.16 Å². The molecule has 0 fully saturated rings. The predicted octanol–water partition coefficient (Wildman–Crippen LogP) is 1.95. The molecule has 0 bridgehead atoms. The van der Waals surface area contributed by atoms with Crippen molar-refractivity contribution in [2.45, 2.75) is 19.0 Å². The third-order valence-corrected chi connectivity index (χ3v) is 3.76. The summed E-state index contributed by atoms with van der Waals surface area (Å²) in [6.45, 7) is 3.68. The van der Waals surface area contributed by atoms with Gasteiger partial charge in [0.2, 0.25) is 0 Å². The van der Waals surface area contributed by atoms with Gasteiger partial charge >= 0.3 is 0 Å². The molecule has 1 aromatic carbocycles. The van der Waals surface area contributed by atoms with Crippen LogP contribution in [0.1, 0.15) is 17.0 Å². The van der Waals surface area contributed by atoms with Crippen LogP contribution in [0.25, 0.3) is 0 Å². The minimum absolute atomic E-state index is 0.0567. The van der Waals surface area contributed by atoms with E-state index in [9.17, 15) is 20.0 Å². The van der Waals surface area contributed by atoms with Crippen LogP contribution >= 0.6 is 11.8 Å². The Bertz CT molecular complexity index is 820. The Morgan fingerprint density at radius 1 is 1.36 bits per heavy atom. The molecular weight excluding hydrogens is 346 g/mol. The molecular formula is C15H15N5O4S. The number of carbonyl (C=O) groups excluding carboxylic acids is 1. The lowest BCUT2D eigenvalue weighted by Gasteiger charge is -2.02. The first-order chi connectivity index (χ1) is 11.8. The van der Waals surface area contributed by atoms with Gasteiger partial charge in [-0.15, -0.1) is 0 Å². The number of benzene rings is 1. The predicted molar refractivity (Wildman–Crippen MR) is 92.7 cm³/mol. The first-order valence-electron chi connectivity index (χ1n) is 7.09. The van der Waals surface area contributed by atoms with E-state index in [0.29, 0.717) is 5.16 Å². The number of non-ortho nitro benzene ring substituents is 1. The molecule has 0 unspecified atom stereocenters. The SMILES string of the molecule is Cc1cc(C)nc(SCC(=O)N/N=C/c2cc([N+](=O)[O-])ccc2O)n1. The zero-order valence-electron chi connectivity index (χ0n) is 13.5. The van der Waals surface area contributed by atoms with Gasteiger partial charge in [0, 0.05) is 29.1 Å². The van der Waals surface area contributed by atoms with E-state index in [4.69, 9.17) is 0 Å². The number of aryl methyl sites for hydroxylation is 2. The van der Waals surface area contributed by atoms with Gasteiger partial charge < -0.3 is 5.11 Å². The number of nitrogens with zero attached hydrogens (tertiary/aromatic N) is 4. The van der Waals surface area contributed by atoms with E-state index in [1.807, 2.05) is 19.9 Å². The van der Waals surface area contributed by atoms with Crippen LogP contribution in [-0.4, -0.2) is 37.9 Å². The number of aromatic nitrogens is 2. The van der Waals surface area contributed by atoms with Crippen LogP contribution in [0.3, 0.4) is 0 Å². The highest BCUT2D eigenvalue weighted by atomic mass is 32.2. The highest BCUT2D eigenvalue weighted by Gasteiger charge is 2.09. The maximum Gasteiger partial charge on any atom is 0.270 e. The first kappa shape index (κ1) is 18.3. The summed E-state index contributed by atoms with van der Waals surface area (Å²) in [7, 11) is 0. The molecule has 25 heavy (non-hydrogen) atoms. The summed E-state index contributed by atoms with van der Waals surface area (Å²) in [6, 6.07) is 5.35. The standard InChI is InChI=1S/C15H15N5O4S/c1-9-5-10(2)18-15(17-9)25-8-14(22)19-16-7-11-6-12(20(23)24)3-4-13(11)21/h3-7,21H,8H2,1-2H3,(H,19,22)/b16-7+. The molecule has 10 heteroatoms. The van der Waals surface area contributed by atoms with E-state index in [-0.39, 0.29) is 22.8 Å². The molecule has 1 amide bonds. The van der Waals surface area contributed by atoms with Gasteiger partial charge in [-0.1, -0.05) is 11.8 Å². The van der Waals surface area contributed by atoms with Gasteiger partial charge in [0.25, 0.3) is 11.6 Å². The Labute approximate surface area is 147 Å². The normalized spacial score (nSPS) is 10.8. The number of hydrazone groups is 1. The van der Waals surface area contributed by atoms with Crippen molar-refractivity contribution in [3.8, 4) is 5.75 Å². The van der Waals surface area contributed by atoms with Crippen LogP contribution in [0.2, 0.25) is 0 Å². The van der Waals surface area contributed by atoms with Crippen molar-refractivity contribution in [2.24, 2.45) is 5.10 Å². The van der Waals surface area contributed by atoms with Crippen molar-refractivity contribution in [3.63, 3.8) is 0 Å². The lowest BCUT2D eigenvalue weighted by molar-refractivity contribution is -0.384. The van der Waals surface area contributed by atoms with E-state index >= 15 is 0 Å². The third kappa shape index (κ3) is 5.53. The van der Waals surface area contributed by atoms with Crippen molar-refractivity contribution in [2.75, 3.05) is 5.75 Å². The quantitative estimate of drug-likeness (QED) is 0.264. The molecule has 0 saturated heterocycles. The summed E-state index contributed by atoms with van der Waals surface area (Å²) < 4.78 is 0. The molecule has 2 N–H and O–H groups in total. The second-order valence-corrected chi connectivity index (χ2v) is 5.96. The smallest absolute Gasteiger partial charge is 0.270 e. The minimum Gasteiger partial charge on any atom is -0.507 e. The van der Waals surface area contributed by atoms with E-state index in [1.54, 1.807) is 0 Å². The summed E-state index contributed by atoms with van der Waals surface area (Å²) in [5.41, 5.74) is 3.85. The number of thioether (sulfide) groups is 1. The number of hydrogen-bond donors (Lipinski definition) is 2. The Kier molecular flexibility index (Phi) is 6.01. The molecule has 130 valence electrons. The molecule has 0 spiro atoms. The summed E-state index contributed by atoms with van der Waals surface area (Å²) >= 11 is 1.17. The Balaban J connectivity index is 1.92. The number of nitrogens with one attached hydrogen (secondary N) is 1. The fourth-order valence-electron chi connectivity index (χ4n) is 1.85. The van der Waals surface area contributed by atoms with Crippen molar-refractivity contribution >= 4 is 29.6 Å². The van der Waals surface area contributed by atoms with E-state index in [1.165, 1.54) is 23.9 Å². The molecule has 1 heterocycles. The monoisotopic (exact) mass is 361 g/mol.